The molecule has 92 valence electrons. The molecule has 0 unspecified atom stereocenters. The number of anilines is 1. The normalized spacial score (nSPS) is 11.4. The summed E-state index contributed by atoms with van der Waals surface area (Å²) >= 11 is 7.81. The quantitative estimate of drug-likeness (QED) is 0.853. The third-order valence-electron chi connectivity index (χ3n) is 2.79. The molecule has 2 aromatic rings. The van der Waals surface area contributed by atoms with Gasteiger partial charge < -0.3 is 4.72 Å². The Morgan fingerprint density at radius 2 is 2.12 bits per heavy atom. The first-order valence-corrected chi connectivity index (χ1v) is 7.10. The summed E-state index contributed by atoms with van der Waals surface area (Å²) in [5, 5.41) is 6.24. The van der Waals surface area contributed by atoms with Crippen LogP contribution in [0.2, 0.25) is 5.02 Å². The van der Waals surface area contributed by atoms with E-state index in [1.807, 2.05) is 24.1 Å². The SMILES string of the molecule is CSNc1nn(C)c2c(C(C)C)ccc(Cl)c12. The molecule has 0 aliphatic heterocycles. The summed E-state index contributed by atoms with van der Waals surface area (Å²) in [5.41, 5.74) is 2.39. The van der Waals surface area contributed by atoms with E-state index >= 15 is 0 Å². The van der Waals surface area contributed by atoms with Gasteiger partial charge in [-0.25, -0.2) is 0 Å². The molecule has 0 amide bonds. The first-order chi connectivity index (χ1) is 8.06. The highest BCUT2D eigenvalue weighted by atomic mass is 35.5. The van der Waals surface area contributed by atoms with Gasteiger partial charge in [-0.2, -0.15) is 5.10 Å². The van der Waals surface area contributed by atoms with E-state index in [4.69, 9.17) is 11.6 Å². The van der Waals surface area contributed by atoms with Crippen LogP contribution in [0.3, 0.4) is 0 Å². The largest absolute Gasteiger partial charge is 0.313 e. The Morgan fingerprint density at radius 1 is 1.41 bits per heavy atom. The molecule has 0 bridgehead atoms. The number of rotatable bonds is 3. The number of fused-ring (bicyclic) bond motifs is 1. The topological polar surface area (TPSA) is 29.9 Å². The van der Waals surface area contributed by atoms with Crippen molar-refractivity contribution in [3.63, 3.8) is 0 Å². The Morgan fingerprint density at radius 3 is 2.71 bits per heavy atom. The second-order valence-electron chi connectivity index (χ2n) is 4.29. The molecule has 2 rings (SSSR count). The van der Waals surface area contributed by atoms with Crippen LogP contribution in [-0.2, 0) is 7.05 Å². The van der Waals surface area contributed by atoms with E-state index < -0.39 is 0 Å². The molecule has 3 nitrogen and oxygen atoms in total. The summed E-state index contributed by atoms with van der Waals surface area (Å²) in [6.45, 7) is 4.36. The van der Waals surface area contributed by atoms with Gasteiger partial charge in [-0.1, -0.05) is 43.5 Å². The van der Waals surface area contributed by atoms with Gasteiger partial charge in [-0.3, -0.25) is 4.68 Å². The van der Waals surface area contributed by atoms with Crippen LogP contribution in [0.5, 0.6) is 0 Å². The Hall–Kier alpha value is -0.870. The van der Waals surface area contributed by atoms with Crippen molar-refractivity contribution in [2.24, 2.45) is 7.05 Å². The van der Waals surface area contributed by atoms with Gasteiger partial charge in [0.1, 0.15) is 0 Å². The molecule has 0 aliphatic carbocycles. The second kappa shape index (κ2) is 4.78. The average molecular weight is 270 g/mol. The van der Waals surface area contributed by atoms with Crippen molar-refractivity contribution in [1.29, 1.82) is 0 Å². The lowest BCUT2D eigenvalue weighted by Crippen LogP contribution is -1.96. The molecular weight excluding hydrogens is 254 g/mol. The van der Waals surface area contributed by atoms with Gasteiger partial charge in [0.05, 0.1) is 15.9 Å². The number of nitrogens with zero attached hydrogens (tertiary/aromatic N) is 2. The van der Waals surface area contributed by atoms with Crippen LogP contribution in [-0.4, -0.2) is 16.0 Å². The summed E-state index contributed by atoms with van der Waals surface area (Å²) in [5.74, 6) is 1.29. The van der Waals surface area contributed by atoms with Gasteiger partial charge >= 0.3 is 0 Å². The van der Waals surface area contributed by atoms with Crippen LogP contribution in [0.25, 0.3) is 10.9 Å². The van der Waals surface area contributed by atoms with Crippen molar-refractivity contribution >= 4 is 40.3 Å². The average Bonchev–Trinajstić information content (AvgIpc) is 2.58. The highest BCUT2D eigenvalue weighted by molar-refractivity contribution is 7.99. The summed E-state index contributed by atoms with van der Waals surface area (Å²) < 4.78 is 5.08. The molecule has 1 aromatic heterocycles. The zero-order chi connectivity index (χ0) is 12.6. The van der Waals surface area contributed by atoms with Crippen LogP contribution in [0.4, 0.5) is 5.82 Å². The number of aryl methyl sites for hydroxylation is 1. The fraction of sp³-hybridized carbons (Fsp3) is 0.417. The van der Waals surface area contributed by atoms with Crippen LogP contribution in [0.1, 0.15) is 25.3 Å². The molecule has 17 heavy (non-hydrogen) atoms. The zero-order valence-electron chi connectivity index (χ0n) is 10.4. The standard InChI is InChI=1S/C12H16ClN3S/c1-7(2)8-5-6-9(13)10-11(8)16(3)14-12(10)15-17-4/h5-7H,1-4H3,(H,14,15). The zero-order valence-corrected chi connectivity index (χ0v) is 12.0. The molecule has 0 atom stereocenters. The number of hydrogen-bond donors (Lipinski definition) is 1. The maximum absolute atomic E-state index is 6.29. The fourth-order valence-electron chi connectivity index (χ4n) is 2.04. The van der Waals surface area contributed by atoms with Crippen LogP contribution >= 0.6 is 23.5 Å². The lowest BCUT2D eigenvalue weighted by atomic mass is 10.0. The predicted molar refractivity (Wildman–Crippen MR) is 77.0 cm³/mol. The van der Waals surface area contributed by atoms with Crippen LogP contribution < -0.4 is 4.72 Å². The Labute approximate surface area is 111 Å². The summed E-state index contributed by atoms with van der Waals surface area (Å²) in [6.07, 6.45) is 1.97. The number of halogens is 1. The molecule has 0 fully saturated rings. The van der Waals surface area contributed by atoms with E-state index in [9.17, 15) is 0 Å². The van der Waals surface area contributed by atoms with E-state index in [0.717, 1.165) is 21.7 Å². The Kier molecular flexibility index (Phi) is 3.54. The fourth-order valence-corrected chi connectivity index (χ4v) is 2.62. The summed E-state index contributed by atoms with van der Waals surface area (Å²) in [7, 11) is 1.95. The highest BCUT2D eigenvalue weighted by Gasteiger charge is 2.16. The molecule has 0 spiro atoms. The Balaban J connectivity index is 2.78. The van der Waals surface area contributed by atoms with E-state index in [-0.39, 0.29) is 0 Å². The number of aromatic nitrogens is 2. The first-order valence-electron chi connectivity index (χ1n) is 5.50. The van der Waals surface area contributed by atoms with E-state index in [0.29, 0.717) is 5.92 Å². The third-order valence-corrected chi connectivity index (χ3v) is 3.50. The molecule has 0 saturated carbocycles. The minimum absolute atomic E-state index is 0.451. The van der Waals surface area contributed by atoms with Crippen LogP contribution in [0.15, 0.2) is 12.1 Å². The van der Waals surface area contributed by atoms with Crippen molar-refractivity contribution in [3.8, 4) is 0 Å². The second-order valence-corrected chi connectivity index (χ2v) is 5.31. The maximum atomic E-state index is 6.29. The number of nitrogens with one attached hydrogen (secondary N) is 1. The lowest BCUT2D eigenvalue weighted by Gasteiger charge is -2.09. The van der Waals surface area contributed by atoms with Gasteiger partial charge in [0, 0.05) is 13.3 Å². The van der Waals surface area contributed by atoms with E-state index in [1.54, 1.807) is 0 Å². The molecule has 0 aliphatic rings. The molecule has 1 aromatic carbocycles. The molecule has 1 heterocycles. The lowest BCUT2D eigenvalue weighted by molar-refractivity contribution is 0.783. The number of benzene rings is 1. The molecule has 0 saturated heterocycles. The number of hydrogen-bond acceptors (Lipinski definition) is 3. The minimum Gasteiger partial charge on any atom is -0.313 e. The molecule has 0 radical (unpaired) electrons. The summed E-state index contributed by atoms with van der Waals surface area (Å²) in [6, 6.07) is 4.03. The van der Waals surface area contributed by atoms with E-state index in [1.165, 1.54) is 17.5 Å². The van der Waals surface area contributed by atoms with Crippen LogP contribution in [0, 0.1) is 0 Å². The maximum Gasteiger partial charge on any atom is 0.167 e. The monoisotopic (exact) mass is 269 g/mol. The van der Waals surface area contributed by atoms with E-state index in [2.05, 4.69) is 29.7 Å². The Bertz CT molecular complexity index is 548. The first kappa shape index (κ1) is 12.6. The van der Waals surface area contributed by atoms with Crippen molar-refractivity contribution in [2.75, 3.05) is 11.0 Å². The third kappa shape index (κ3) is 2.11. The van der Waals surface area contributed by atoms with Crippen molar-refractivity contribution in [3.05, 3.63) is 22.7 Å². The van der Waals surface area contributed by atoms with Crippen molar-refractivity contribution in [2.45, 2.75) is 19.8 Å². The van der Waals surface area contributed by atoms with Gasteiger partial charge in [-0.15, -0.1) is 0 Å². The molecule has 1 N–H and O–H groups in total. The van der Waals surface area contributed by atoms with Crippen molar-refractivity contribution < 1.29 is 0 Å². The van der Waals surface area contributed by atoms with Gasteiger partial charge in [0.2, 0.25) is 0 Å². The smallest absolute Gasteiger partial charge is 0.167 e. The van der Waals surface area contributed by atoms with Gasteiger partial charge in [0.25, 0.3) is 0 Å². The molecular formula is C12H16ClN3S. The minimum atomic E-state index is 0.451. The summed E-state index contributed by atoms with van der Waals surface area (Å²) in [4.78, 5) is 0. The predicted octanol–water partition coefficient (Wildman–Crippen LogP) is 4.04. The highest BCUT2D eigenvalue weighted by Crippen LogP contribution is 2.35. The van der Waals surface area contributed by atoms with Gasteiger partial charge in [-0.05, 0) is 17.5 Å². The molecule has 5 heteroatoms. The van der Waals surface area contributed by atoms with Gasteiger partial charge in [0.15, 0.2) is 5.82 Å². The van der Waals surface area contributed by atoms with Crippen molar-refractivity contribution in [1.82, 2.24) is 9.78 Å².